The van der Waals surface area contributed by atoms with Gasteiger partial charge in [-0.1, -0.05) is 38.1 Å². The molecule has 1 atom stereocenters. The minimum Gasteiger partial charge on any atom is -0.497 e. The molecule has 0 radical (unpaired) electrons. The van der Waals surface area contributed by atoms with E-state index in [2.05, 4.69) is 20.6 Å². The van der Waals surface area contributed by atoms with Crippen molar-refractivity contribution in [2.75, 3.05) is 14.2 Å². The molecule has 0 unspecified atom stereocenters. The van der Waals surface area contributed by atoms with E-state index in [-0.39, 0.29) is 18.2 Å². The average molecular weight is 425 g/mol. The highest BCUT2D eigenvalue weighted by Gasteiger charge is 2.24. The molecule has 0 saturated carbocycles. The monoisotopic (exact) mass is 425 g/mol. The first-order valence-electron chi connectivity index (χ1n) is 9.77. The summed E-state index contributed by atoms with van der Waals surface area (Å²) in [5, 5.41) is 6.70. The fraction of sp³-hybridized carbons (Fsp3) is 0.304. The Morgan fingerprint density at radius 1 is 1.00 bits per heavy atom. The molecule has 0 fully saturated rings. The van der Waals surface area contributed by atoms with Crippen LogP contribution >= 0.6 is 0 Å². The van der Waals surface area contributed by atoms with E-state index < -0.39 is 17.9 Å². The summed E-state index contributed by atoms with van der Waals surface area (Å²) in [6.07, 6.45) is 1.60. The second kappa shape index (κ2) is 11.5. The Morgan fingerprint density at radius 3 is 2.19 bits per heavy atom. The van der Waals surface area contributed by atoms with Crippen LogP contribution in [-0.4, -0.2) is 44.3 Å². The van der Waals surface area contributed by atoms with Gasteiger partial charge < -0.3 is 14.8 Å². The number of nitrogens with zero attached hydrogens (tertiary/aromatic N) is 1. The van der Waals surface area contributed by atoms with E-state index in [1.807, 2.05) is 13.8 Å². The Balaban J connectivity index is 1.92. The standard InChI is InChI=1S/C23H27N3O5/c1-15(2)21(25-20(27)13-16-7-11-19(30-3)12-8-16)22(28)26-24-14-17-5-9-18(10-6-17)23(29)31-4/h5-12,14-15,21H,13H2,1-4H3,(H,25,27)(H,26,28)/b24-14-/t21-/m1/s1. The fourth-order valence-corrected chi connectivity index (χ4v) is 2.75. The number of amides is 2. The summed E-state index contributed by atoms with van der Waals surface area (Å²) in [5.41, 5.74) is 4.38. The Hall–Kier alpha value is -3.68. The topological polar surface area (TPSA) is 106 Å². The van der Waals surface area contributed by atoms with Crippen molar-refractivity contribution < 1.29 is 23.9 Å². The zero-order valence-electron chi connectivity index (χ0n) is 18.0. The first-order valence-corrected chi connectivity index (χ1v) is 9.77. The van der Waals surface area contributed by atoms with Crippen molar-refractivity contribution in [3.05, 3.63) is 65.2 Å². The van der Waals surface area contributed by atoms with Gasteiger partial charge in [-0.2, -0.15) is 5.10 Å². The number of hydrazone groups is 1. The summed E-state index contributed by atoms with van der Waals surface area (Å²) in [6, 6.07) is 13.0. The van der Waals surface area contributed by atoms with Crippen LogP contribution in [0.1, 0.15) is 35.3 Å². The SMILES string of the molecule is COC(=O)c1ccc(/C=N\NC(=O)[C@H](NC(=O)Cc2ccc(OC)cc2)C(C)C)cc1. The number of carbonyl (C=O) groups is 3. The van der Waals surface area contributed by atoms with Gasteiger partial charge in [-0.05, 0) is 41.3 Å². The quantitative estimate of drug-likeness (QED) is 0.364. The molecule has 8 heteroatoms. The van der Waals surface area contributed by atoms with Crippen LogP contribution in [0.2, 0.25) is 0 Å². The maximum Gasteiger partial charge on any atom is 0.337 e. The Labute approximate surface area is 181 Å². The molecule has 2 N–H and O–H groups in total. The predicted octanol–water partition coefficient (Wildman–Crippen LogP) is 2.32. The molecule has 0 aliphatic carbocycles. The molecule has 164 valence electrons. The largest absolute Gasteiger partial charge is 0.497 e. The van der Waals surface area contributed by atoms with Gasteiger partial charge in [-0.3, -0.25) is 9.59 Å². The van der Waals surface area contributed by atoms with Crippen molar-refractivity contribution in [3.63, 3.8) is 0 Å². The normalized spacial score (nSPS) is 11.8. The number of methoxy groups -OCH3 is 2. The Bertz CT molecular complexity index is 921. The van der Waals surface area contributed by atoms with Crippen LogP contribution in [0.25, 0.3) is 0 Å². The molecule has 0 aliphatic heterocycles. The van der Waals surface area contributed by atoms with Gasteiger partial charge in [-0.15, -0.1) is 0 Å². The number of nitrogens with one attached hydrogen (secondary N) is 2. The van der Waals surface area contributed by atoms with Crippen LogP contribution in [0.15, 0.2) is 53.6 Å². The van der Waals surface area contributed by atoms with Gasteiger partial charge in [-0.25, -0.2) is 10.2 Å². The molecule has 0 saturated heterocycles. The number of esters is 1. The number of ether oxygens (including phenoxy) is 2. The van der Waals surface area contributed by atoms with Gasteiger partial charge in [0.25, 0.3) is 5.91 Å². The number of hydrogen-bond acceptors (Lipinski definition) is 6. The number of carbonyl (C=O) groups excluding carboxylic acids is 3. The highest BCUT2D eigenvalue weighted by Crippen LogP contribution is 2.12. The first kappa shape index (κ1) is 23.6. The van der Waals surface area contributed by atoms with Gasteiger partial charge in [0, 0.05) is 0 Å². The van der Waals surface area contributed by atoms with Crippen molar-refractivity contribution >= 4 is 24.0 Å². The highest BCUT2D eigenvalue weighted by molar-refractivity contribution is 5.91. The zero-order chi connectivity index (χ0) is 22.8. The number of benzene rings is 2. The van der Waals surface area contributed by atoms with Gasteiger partial charge in [0.15, 0.2) is 0 Å². The molecule has 0 heterocycles. The molecule has 8 nitrogen and oxygen atoms in total. The van der Waals surface area contributed by atoms with E-state index in [9.17, 15) is 14.4 Å². The van der Waals surface area contributed by atoms with E-state index in [1.54, 1.807) is 55.6 Å². The molecule has 2 aromatic rings. The first-order chi connectivity index (χ1) is 14.8. The third-order valence-corrected chi connectivity index (χ3v) is 4.51. The van der Waals surface area contributed by atoms with Crippen LogP contribution in [-0.2, 0) is 20.7 Å². The van der Waals surface area contributed by atoms with Crippen LogP contribution in [0, 0.1) is 5.92 Å². The summed E-state index contributed by atoms with van der Waals surface area (Å²) in [7, 11) is 2.89. The van der Waals surface area contributed by atoms with Crippen LogP contribution < -0.4 is 15.5 Å². The molecule has 0 aromatic heterocycles. The van der Waals surface area contributed by atoms with E-state index in [0.717, 1.165) is 5.56 Å². The van der Waals surface area contributed by atoms with Crippen LogP contribution in [0.4, 0.5) is 0 Å². The van der Waals surface area contributed by atoms with Crippen LogP contribution in [0.5, 0.6) is 5.75 Å². The molecule has 0 aliphatic rings. The van der Waals surface area contributed by atoms with Crippen LogP contribution in [0.3, 0.4) is 0 Å². The smallest absolute Gasteiger partial charge is 0.337 e. The maximum absolute atomic E-state index is 12.5. The van der Waals surface area contributed by atoms with E-state index in [4.69, 9.17) is 4.74 Å². The molecule has 2 rings (SSSR count). The zero-order valence-corrected chi connectivity index (χ0v) is 18.0. The van der Waals surface area contributed by atoms with Gasteiger partial charge >= 0.3 is 5.97 Å². The van der Waals surface area contributed by atoms with E-state index in [0.29, 0.717) is 16.9 Å². The van der Waals surface area contributed by atoms with Gasteiger partial charge in [0.1, 0.15) is 11.8 Å². The van der Waals surface area contributed by atoms with Crippen molar-refractivity contribution in [3.8, 4) is 5.75 Å². The minimum absolute atomic E-state index is 0.130. The second-order valence-electron chi connectivity index (χ2n) is 7.16. The Kier molecular flexibility index (Phi) is 8.75. The third-order valence-electron chi connectivity index (χ3n) is 4.51. The summed E-state index contributed by atoms with van der Waals surface area (Å²) < 4.78 is 9.75. The fourth-order valence-electron chi connectivity index (χ4n) is 2.75. The Morgan fingerprint density at radius 2 is 1.65 bits per heavy atom. The van der Waals surface area contributed by atoms with E-state index >= 15 is 0 Å². The average Bonchev–Trinajstić information content (AvgIpc) is 2.77. The van der Waals surface area contributed by atoms with E-state index in [1.165, 1.54) is 13.3 Å². The lowest BCUT2D eigenvalue weighted by molar-refractivity contribution is -0.129. The lowest BCUT2D eigenvalue weighted by Crippen LogP contribution is -2.49. The van der Waals surface area contributed by atoms with Crippen molar-refractivity contribution in [1.29, 1.82) is 0 Å². The molecule has 0 bridgehead atoms. The molecular weight excluding hydrogens is 398 g/mol. The molecule has 31 heavy (non-hydrogen) atoms. The second-order valence-corrected chi connectivity index (χ2v) is 7.16. The predicted molar refractivity (Wildman–Crippen MR) is 117 cm³/mol. The number of rotatable bonds is 9. The van der Waals surface area contributed by atoms with Gasteiger partial charge in [0.2, 0.25) is 5.91 Å². The lowest BCUT2D eigenvalue weighted by atomic mass is 10.0. The maximum atomic E-state index is 12.5. The van der Waals surface area contributed by atoms with Gasteiger partial charge in [0.05, 0.1) is 32.4 Å². The number of hydrogen-bond donors (Lipinski definition) is 2. The highest BCUT2D eigenvalue weighted by atomic mass is 16.5. The lowest BCUT2D eigenvalue weighted by Gasteiger charge is -2.20. The van der Waals surface area contributed by atoms with Crippen molar-refractivity contribution in [2.24, 2.45) is 11.0 Å². The summed E-state index contributed by atoms with van der Waals surface area (Å²) >= 11 is 0. The summed E-state index contributed by atoms with van der Waals surface area (Å²) in [5.74, 6) is -0.528. The molecular formula is C23H27N3O5. The molecule has 2 aromatic carbocycles. The molecule has 2 amide bonds. The summed E-state index contributed by atoms with van der Waals surface area (Å²) in [6.45, 7) is 3.68. The van der Waals surface area contributed by atoms with Crippen molar-refractivity contribution in [1.82, 2.24) is 10.7 Å². The summed E-state index contributed by atoms with van der Waals surface area (Å²) in [4.78, 5) is 36.4. The third kappa shape index (κ3) is 7.26. The molecule has 0 spiro atoms. The van der Waals surface area contributed by atoms with Crippen molar-refractivity contribution in [2.45, 2.75) is 26.3 Å². The minimum atomic E-state index is -0.732.